The van der Waals surface area contributed by atoms with Crippen LogP contribution in [0.2, 0.25) is 0 Å². The van der Waals surface area contributed by atoms with Crippen molar-refractivity contribution >= 4 is 23.0 Å². The van der Waals surface area contributed by atoms with Crippen LogP contribution in [0.5, 0.6) is 0 Å². The van der Waals surface area contributed by atoms with Crippen LogP contribution in [0.3, 0.4) is 0 Å². The Kier molecular flexibility index (Phi) is 7.44. The first kappa shape index (κ1) is 23.4. The second-order valence-corrected chi connectivity index (χ2v) is 8.62. The molecule has 0 aromatic carbocycles. The van der Waals surface area contributed by atoms with Gasteiger partial charge in [0, 0.05) is 43.3 Å². The molecule has 10 heteroatoms. The van der Waals surface area contributed by atoms with E-state index in [1.165, 1.54) is 7.11 Å². The van der Waals surface area contributed by atoms with Gasteiger partial charge in [0.1, 0.15) is 6.10 Å². The number of carbonyl (C=O) groups is 2. The summed E-state index contributed by atoms with van der Waals surface area (Å²) >= 11 is 0. The highest BCUT2D eigenvalue weighted by Gasteiger charge is 2.41. The van der Waals surface area contributed by atoms with Gasteiger partial charge in [-0.15, -0.1) is 0 Å². The van der Waals surface area contributed by atoms with Crippen LogP contribution in [0.4, 0.5) is 4.79 Å². The molecule has 1 saturated carbocycles. The second-order valence-electron chi connectivity index (χ2n) is 8.62. The van der Waals surface area contributed by atoms with Gasteiger partial charge < -0.3 is 25.0 Å². The number of morpholine rings is 1. The number of hydrogen-bond donors (Lipinski definition) is 2. The number of rotatable bonds is 9. The third-order valence-electron chi connectivity index (χ3n) is 6.26. The zero-order valence-electron chi connectivity index (χ0n) is 19.7. The highest BCUT2D eigenvalue weighted by molar-refractivity contribution is 5.84. The van der Waals surface area contributed by atoms with E-state index in [-0.39, 0.29) is 18.0 Å². The summed E-state index contributed by atoms with van der Waals surface area (Å²) in [7, 11) is 1.35. The number of pyridine rings is 1. The normalized spacial score (nSPS) is 19.3. The van der Waals surface area contributed by atoms with E-state index in [2.05, 4.69) is 28.4 Å². The van der Waals surface area contributed by atoms with E-state index in [1.54, 1.807) is 0 Å². The van der Waals surface area contributed by atoms with Crippen LogP contribution in [0.25, 0.3) is 11.0 Å². The van der Waals surface area contributed by atoms with Gasteiger partial charge in [0.2, 0.25) is 0 Å². The standard InChI is InChI=1S/C23H34N6O4/c1-4-16-6-9-18-20(27-28(21(18)26-16)12-5-10-25-23(31)32-3)15(2)29(17-7-8-17)22(30)19-14-24-11-13-33-19/h6,9,15,17,19,24H,4-5,7-8,10-14H2,1-3H3,(H,25,31)/t15-,19-/m1/s1. The summed E-state index contributed by atoms with van der Waals surface area (Å²) in [5.41, 5.74) is 2.66. The molecule has 2 fully saturated rings. The SMILES string of the molecule is CCc1ccc2c([C@@H](C)N(C(=O)[C@H]3CNCCO3)C3CC3)nn(CCCNC(=O)OC)c2n1. The van der Waals surface area contributed by atoms with E-state index in [0.717, 1.165) is 48.2 Å². The molecule has 3 heterocycles. The lowest BCUT2D eigenvalue weighted by Crippen LogP contribution is -2.50. The van der Waals surface area contributed by atoms with Crippen LogP contribution in [-0.4, -0.2) is 77.2 Å². The van der Waals surface area contributed by atoms with Crippen molar-refractivity contribution < 1.29 is 19.1 Å². The maximum atomic E-state index is 13.4. The molecule has 1 aliphatic heterocycles. The Balaban J connectivity index is 1.59. The van der Waals surface area contributed by atoms with Crippen LogP contribution in [-0.2, 0) is 27.2 Å². The van der Waals surface area contributed by atoms with Crippen LogP contribution in [0, 0.1) is 0 Å². The molecule has 2 amide bonds. The molecule has 1 aliphatic carbocycles. The van der Waals surface area contributed by atoms with Crippen LogP contribution in [0.15, 0.2) is 12.1 Å². The Morgan fingerprint density at radius 1 is 1.39 bits per heavy atom. The monoisotopic (exact) mass is 458 g/mol. The Hall–Kier alpha value is -2.72. The van der Waals surface area contributed by atoms with Crippen molar-refractivity contribution in [2.45, 2.75) is 64.3 Å². The second kappa shape index (κ2) is 10.5. The summed E-state index contributed by atoms with van der Waals surface area (Å²) in [6.07, 6.45) is 2.63. The van der Waals surface area contributed by atoms with Gasteiger partial charge in [-0.05, 0) is 44.7 Å². The lowest BCUT2D eigenvalue weighted by molar-refractivity contribution is -0.148. The molecule has 33 heavy (non-hydrogen) atoms. The molecule has 10 nitrogen and oxygen atoms in total. The number of nitrogens with zero attached hydrogens (tertiary/aromatic N) is 4. The van der Waals surface area contributed by atoms with E-state index in [1.807, 2.05) is 22.6 Å². The summed E-state index contributed by atoms with van der Waals surface area (Å²) < 4.78 is 12.3. The summed E-state index contributed by atoms with van der Waals surface area (Å²) in [5.74, 6) is 0.0281. The fourth-order valence-corrected chi connectivity index (χ4v) is 4.33. The van der Waals surface area contributed by atoms with Gasteiger partial charge in [-0.1, -0.05) is 6.92 Å². The predicted octanol–water partition coefficient (Wildman–Crippen LogP) is 1.78. The molecule has 0 radical (unpaired) electrons. The molecule has 180 valence electrons. The van der Waals surface area contributed by atoms with Gasteiger partial charge in [-0.3, -0.25) is 4.79 Å². The number of alkyl carbamates (subject to hydrolysis) is 1. The average Bonchev–Trinajstić information content (AvgIpc) is 3.62. The third-order valence-corrected chi connectivity index (χ3v) is 6.26. The van der Waals surface area contributed by atoms with Crippen molar-refractivity contribution in [3.05, 3.63) is 23.5 Å². The molecule has 1 saturated heterocycles. The maximum Gasteiger partial charge on any atom is 0.406 e. The first-order valence-corrected chi connectivity index (χ1v) is 11.9. The van der Waals surface area contributed by atoms with Crippen LogP contribution in [0.1, 0.15) is 50.5 Å². The minimum absolute atomic E-state index is 0.0281. The number of carbonyl (C=O) groups excluding carboxylic acids is 2. The number of ether oxygens (including phenoxy) is 2. The van der Waals surface area contributed by atoms with E-state index >= 15 is 0 Å². The number of nitrogens with one attached hydrogen (secondary N) is 2. The van der Waals surface area contributed by atoms with Crippen molar-refractivity contribution in [1.82, 2.24) is 30.3 Å². The minimum atomic E-state index is -0.454. The molecule has 0 spiro atoms. The zero-order chi connectivity index (χ0) is 23.4. The first-order valence-electron chi connectivity index (χ1n) is 11.9. The number of aromatic nitrogens is 3. The van der Waals surface area contributed by atoms with E-state index in [4.69, 9.17) is 14.8 Å². The molecular formula is C23H34N6O4. The summed E-state index contributed by atoms with van der Waals surface area (Å²) in [5, 5.41) is 11.8. The van der Waals surface area contributed by atoms with Crippen molar-refractivity contribution in [1.29, 1.82) is 0 Å². The highest BCUT2D eigenvalue weighted by atomic mass is 16.5. The lowest BCUT2D eigenvalue weighted by atomic mass is 10.1. The van der Waals surface area contributed by atoms with Gasteiger partial charge in [-0.2, -0.15) is 5.10 Å². The molecule has 2 N–H and O–H groups in total. The smallest absolute Gasteiger partial charge is 0.406 e. The van der Waals surface area contributed by atoms with Crippen molar-refractivity contribution in [3.63, 3.8) is 0 Å². The zero-order valence-corrected chi connectivity index (χ0v) is 19.7. The van der Waals surface area contributed by atoms with E-state index < -0.39 is 12.2 Å². The molecule has 4 rings (SSSR count). The van der Waals surface area contributed by atoms with Crippen LogP contribution >= 0.6 is 0 Å². The number of amides is 2. The topological polar surface area (TPSA) is 111 Å². The number of methoxy groups -OCH3 is 1. The van der Waals surface area contributed by atoms with Gasteiger partial charge >= 0.3 is 6.09 Å². The van der Waals surface area contributed by atoms with Gasteiger partial charge in [0.05, 0.1) is 25.5 Å². The average molecular weight is 459 g/mol. The first-order chi connectivity index (χ1) is 16.0. The summed E-state index contributed by atoms with van der Waals surface area (Å²) in [6.45, 7) is 7.05. The van der Waals surface area contributed by atoms with E-state index in [9.17, 15) is 9.59 Å². The largest absolute Gasteiger partial charge is 0.453 e. The lowest BCUT2D eigenvalue weighted by Gasteiger charge is -2.33. The Bertz CT molecular complexity index is 983. The Labute approximate surface area is 194 Å². The minimum Gasteiger partial charge on any atom is -0.453 e. The maximum absolute atomic E-state index is 13.4. The summed E-state index contributed by atoms with van der Waals surface area (Å²) in [6, 6.07) is 4.13. The number of fused-ring (bicyclic) bond motifs is 1. The van der Waals surface area contributed by atoms with Gasteiger partial charge in [0.15, 0.2) is 5.65 Å². The molecule has 2 aromatic rings. The molecule has 2 aromatic heterocycles. The molecule has 2 aliphatic rings. The highest BCUT2D eigenvalue weighted by Crippen LogP contribution is 2.37. The summed E-state index contributed by atoms with van der Waals surface area (Å²) in [4.78, 5) is 31.5. The van der Waals surface area contributed by atoms with Crippen LogP contribution < -0.4 is 10.6 Å². The van der Waals surface area contributed by atoms with Gasteiger partial charge in [-0.25, -0.2) is 14.5 Å². The number of hydrogen-bond acceptors (Lipinski definition) is 7. The third kappa shape index (κ3) is 5.27. The molecule has 2 atom stereocenters. The van der Waals surface area contributed by atoms with Crippen molar-refractivity contribution in [2.24, 2.45) is 0 Å². The van der Waals surface area contributed by atoms with E-state index in [0.29, 0.717) is 32.7 Å². The molecule has 0 unspecified atom stereocenters. The fraction of sp³-hybridized carbons (Fsp3) is 0.652. The van der Waals surface area contributed by atoms with Gasteiger partial charge in [0.25, 0.3) is 5.91 Å². The van der Waals surface area contributed by atoms with Crippen molar-refractivity contribution in [2.75, 3.05) is 33.4 Å². The molecule has 0 bridgehead atoms. The number of aryl methyl sites for hydroxylation is 2. The predicted molar refractivity (Wildman–Crippen MR) is 123 cm³/mol. The quantitative estimate of drug-likeness (QED) is 0.551. The molecular weight excluding hydrogens is 424 g/mol. The van der Waals surface area contributed by atoms with Crippen molar-refractivity contribution in [3.8, 4) is 0 Å². The Morgan fingerprint density at radius 2 is 2.21 bits per heavy atom. The fourth-order valence-electron chi connectivity index (χ4n) is 4.33. The Morgan fingerprint density at radius 3 is 2.88 bits per heavy atom.